The molecule has 0 heterocycles. The van der Waals surface area contributed by atoms with Gasteiger partial charge in [-0.15, -0.1) is 0 Å². The minimum absolute atomic E-state index is 0.128. The lowest BCUT2D eigenvalue weighted by Crippen LogP contribution is -2.29. The van der Waals surface area contributed by atoms with Crippen LogP contribution in [0.3, 0.4) is 0 Å². The van der Waals surface area contributed by atoms with Gasteiger partial charge in [0.25, 0.3) is 0 Å². The molecule has 3 nitrogen and oxygen atoms in total. The first-order valence-corrected chi connectivity index (χ1v) is 8.18. The van der Waals surface area contributed by atoms with Gasteiger partial charge in [-0.25, -0.2) is 0 Å². The molecule has 1 atom stereocenters. The standard InChI is InChI=1S/C20H18ClNO2/c21-16-10-8-14(9-11-16)12-20(24)22-13-19(23)18-7-3-5-15-4-1-2-6-17(15)18/h1-11,19,23H,12-13H2,(H,22,24). The van der Waals surface area contributed by atoms with E-state index in [1.807, 2.05) is 54.6 Å². The molecule has 1 amide bonds. The van der Waals surface area contributed by atoms with Crippen molar-refractivity contribution in [1.29, 1.82) is 0 Å². The highest BCUT2D eigenvalue weighted by Gasteiger charge is 2.12. The van der Waals surface area contributed by atoms with Crippen molar-refractivity contribution in [3.05, 3.63) is 82.9 Å². The number of benzene rings is 3. The maximum Gasteiger partial charge on any atom is 0.224 e. The minimum Gasteiger partial charge on any atom is -0.387 e. The topological polar surface area (TPSA) is 49.3 Å². The summed E-state index contributed by atoms with van der Waals surface area (Å²) in [5.74, 6) is -0.128. The number of amides is 1. The third kappa shape index (κ3) is 3.94. The molecule has 0 aromatic heterocycles. The summed E-state index contributed by atoms with van der Waals surface area (Å²) < 4.78 is 0. The predicted octanol–water partition coefficient (Wildman–Crippen LogP) is 3.89. The first kappa shape index (κ1) is 16.5. The number of carbonyl (C=O) groups is 1. The third-order valence-electron chi connectivity index (χ3n) is 3.95. The van der Waals surface area contributed by atoms with Crippen LogP contribution < -0.4 is 5.32 Å². The second-order valence-electron chi connectivity index (χ2n) is 5.69. The zero-order chi connectivity index (χ0) is 16.9. The van der Waals surface area contributed by atoms with E-state index >= 15 is 0 Å². The van der Waals surface area contributed by atoms with Crippen molar-refractivity contribution in [2.24, 2.45) is 0 Å². The molecule has 0 saturated carbocycles. The first-order valence-electron chi connectivity index (χ1n) is 7.80. The summed E-state index contributed by atoms with van der Waals surface area (Å²) in [5, 5.41) is 15.9. The summed E-state index contributed by atoms with van der Waals surface area (Å²) in [6.07, 6.45) is -0.482. The molecule has 24 heavy (non-hydrogen) atoms. The predicted molar refractivity (Wildman–Crippen MR) is 97.1 cm³/mol. The van der Waals surface area contributed by atoms with Crippen LogP contribution in [0.2, 0.25) is 5.02 Å². The first-order chi connectivity index (χ1) is 11.6. The van der Waals surface area contributed by atoms with Gasteiger partial charge in [-0.2, -0.15) is 0 Å². The van der Waals surface area contributed by atoms with Gasteiger partial charge in [0, 0.05) is 11.6 Å². The fourth-order valence-corrected chi connectivity index (χ4v) is 2.84. The molecular formula is C20H18ClNO2. The van der Waals surface area contributed by atoms with Crippen LogP contribution in [-0.2, 0) is 11.2 Å². The molecule has 3 aromatic rings. The molecule has 4 heteroatoms. The number of hydrogen-bond donors (Lipinski definition) is 2. The molecule has 0 fully saturated rings. The van der Waals surface area contributed by atoms with E-state index in [-0.39, 0.29) is 18.9 Å². The summed E-state index contributed by atoms with van der Waals surface area (Å²) in [6, 6.07) is 20.9. The molecule has 0 bridgehead atoms. The average Bonchev–Trinajstić information content (AvgIpc) is 2.61. The van der Waals surface area contributed by atoms with Crippen molar-refractivity contribution in [3.63, 3.8) is 0 Å². The molecule has 2 N–H and O–H groups in total. The van der Waals surface area contributed by atoms with Crippen LogP contribution >= 0.6 is 11.6 Å². The summed E-state index contributed by atoms with van der Waals surface area (Å²) in [5.41, 5.74) is 1.71. The summed E-state index contributed by atoms with van der Waals surface area (Å²) in [6.45, 7) is 0.181. The maximum atomic E-state index is 12.0. The second kappa shape index (κ2) is 7.47. The lowest BCUT2D eigenvalue weighted by molar-refractivity contribution is -0.120. The van der Waals surface area contributed by atoms with Crippen LogP contribution in [0.4, 0.5) is 0 Å². The van der Waals surface area contributed by atoms with Gasteiger partial charge in [-0.1, -0.05) is 66.2 Å². The Morgan fingerprint density at radius 2 is 1.71 bits per heavy atom. The van der Waals surface area contributed by atoms with Gasteiger partial charge >= 0.3 is 0 Å². The van der Waals surface area contributed by atoms with Crippen molar-refractivity contribution >= 4 is 28.3 Å². The van der Waals surface area contributed by atoms with Crippen molar-refractivity contribution in [2.45, 2.75) is 12.5 Å². The Labute approximate surface area is 145 Å². The molecule has 1 unspecified atom stereocenters. The Morgan fingerprint density at radius 1 is 1.00 bits per heavy atom. The zero-order valence-electron chi connectivity index (χ0n) is 13.1. The van der Waals surface area contributed by atoms with E-state index in [1.165, 1.54) is 0 Å². The van der Waals surface area contributed by atoms with Gasteiger partial charge in [0.2, 0.25) is 5.91 Å². The van der Waals surface area contributed by atoms with Crippen molar-refractivity contribution in [3.8, 4) is 0 Å². The number of nitrogens with one attached hydrogen (secondary N) is 1. The monoisotopic (exact) mass is 339 g/mol. The quantitative estimate of drug-likeness (QED) is 0.741. The van der Waals surface area contributed by atoms with Crippen LogP contribution in [0.1, 0.15) is 17.2 Å². The van der Waals surface area contributed by atoms with E-state index in [0.717, 1.165) is 21.9 Å². The fraction of sp³-hybridized carbons (Fsp3) is 0.150. The molecule has 0 aliphatic heterocycles. The van der Waals surface area contributed by atoms with Crippen LogP contribution in [0.15, 0.2) is 66.7 Å². The maximum absolute atomic E-state index is 12.0. The second-order valence-corrected chi connectivity index (χ2v) is 6.13. The largest absolute Gasteiger partial charge is 0.387 e. The van der Waals surface area contributed by atoms with Crippen LogP contribution in [-0.4, -0.2) is 17.6 Å². The van der Waals surface area contributed by atoms with Gasteiger partial charge in [0.1, 0.15) is 0 Å². The van der Waals surface area contributed by atoms with Gasteiger partial charge in [-0.05, 0) is 34.0 Å². The lowest BCUT2D eigenvalue weighted by Gasteiger charge is -2.15. The van der Waals surface area contributed by atoms with Crippen LogP contribution in [0.5, 0.6) is 0 Å². The highest BCUT2D eigenvalue weighted by molar-refractivity contribution is 6.30. The molecule has 0 saturated heterocycles. The zero-order valence-corrected chi connectivity index (χ0v) is 13.8. The SMILES string of the molecule is O=C(Cc1ccc(Cl)cc1)NCC(O)c1cccc2ccccc12. The summed E-state index contributed by atoms with van der Waals surface area (Å²) in [7, 11) is 0. The molecule has 3 aromatic carbocycles. The molecule has 0 aliphatic rings. The van der Waals surface area contributed by atoms with Crippen LogP contribution in [0, 0.1) is 0 Å². The van der Waals surface area contributed by atoms with E-state index in [1.54, 1.807) is 12.1 Å². The van der Waals surface area contributed by atoms with Crippen molar-refractivity contribution in [1.82, 2.24) is 5.32 Å². The van der Waals surface area contributed by atoms with Crippen molar-refractivity contribution < 1.29 is 9.90 Å². The number of halogens is 1. The van der Waals surface area contributed by atoms with E-state index < -0.39 is 6.10 Å². The Kier molecular flexibility index (Phi) is 5.14. The number of aliphatic hydroxyl groups excluding tert-OH is 1. The minimum atomic E-state index is -0.745. The Hall–Kier alpha value is -2.36. The fourth-order valence-electron chi connectivity index (χ4n) is 2.71. The van der Waals surface area contributed by atoms with Gasteiger partial charge < -0.3 is 10.4 Å². The van der Waals surface area contributed by atoms with E-state index in [2.05, 4.69) is 5.32 Å². The number of rotatable bonds is 5. The van der Waals surface area contributed by atoms with Gasteiger partial charge in [0.15, 0.2) is 0 Å². The van der Waals surface area contributed by atoms with E-state index in [0.29, 0.717) is 5.02 Å². The van der Waals surface area contributed by atoms with Crippen LogP contribution in [0.25, 0.3) is 10.8 Å². The summed E-state index contributed by atoms with van der Waals surface area (Å²) >= 11 is 5.83. The Morgan fingerprint density at radius 3 is 2.50 bits per heavy atom. The molecule has 122 valence electrons. The molecular weight excluding hydrogens is 322 g/mol. The molecule has 0 radical (unpaired) electrons. The van der Waals surface area contributed by atoms with E-state index in [4.69, 9.17) is 11.6 Å². The molecule has 0 aliphatic carbocycles. The molecule has 0 spiro atoms. The number of hydrogen-bond acceptors (Lipinski definition) is 2. The summed E-state index contributed by atoms with van der Waals surface area (Å²) in [4.78, 5) is 12.0. The van der Waals surface area contributed by atoms with Crippen molar-refractivity contribution in [2.75, 3.05) is 6.54 Å². The average molecular weight is 340 g/mol. The lowest BCUT2D eigenvalue weighted by atomic mass is 10.0. The Balaban J connectivity index is 1.63. The number of carbonyl (C=O) groups excluding carboxylic acids is 1. The number of fused-ring (bicyclic) bond motifs is 1. The van der Waals surface area contributed by atoms with E-state index in [9.17, 15) is 9.90 Å². The highest BCUT2D eigenvalue weighted by atomic mass is 35.5. The smallest absolute Gasteiger partial charge is 0.224 e. The van der Waals surface area contributed by atoms with Gasteiger partial charge in [-0.3, -0.25) is 4.79 Å². The van der Waals surface area contributed by atoms with Gasteiger partial charge in [0.05, 0.1) is 12.5 Å². The number of aliphatic hydroxyl groups is 1. The highest BCUT2D eigenvalue weighted by Crippen LogP contribution is 2.23. The Bertz CT molecular complexity index is 840. The normalized spacial score (nSPS) is 12.1. The molecule has 3 rings (SSSR count). The third-order valence-corrected chi connectivity index (χ3v) is 4.20.